The van der Waals surface area contributed by atoms with E-state index in [-0.39, 0.29) is 12.1 Å². The summed E-state index contributed by atoms with van der Waals surface area (Å²) in [6.45, 7) is 7.60. The highest BCUT2D eigenvalue weighted by molar-refractivity contribution is 5.88. The lowest BCUT2D eigenvalue weighted by molar-refractivity contribution is 0.248. The molecular formula is C15H20N4O2. The van der Waals surface area contributed by atoms with Gasteiger partial charge < -0.3 is 9.84 Å². The van der Waals surface area contributed by atoms with Crippen LogP contribution in [0.3, 0.4) is 0 Å². The number of hydrogen-bond donors (Lipinski definition) is 2. The second kappa shape index (κ2) is 6.39. The molecule has 0 spiro atoms. The van der Waals surface area contributed by atoms with E-state index in [1.54, 1.807) is 6.07 Å². The molecule has 6 nitrogen and oxygen atoms in total. The summed E-state index contributed by atoms with van der Waals surface area (Å²) in [5.74, 6) is 1.26. The Balaban J connectivity index is 2.07. The van der Waals surface area contributed by atoms with Crippen molar-refractivity contribution in [3.05, 3.63) is 40.9 Å². The van der Waals surface area contributed by atoms with Crippen LogP contribution in [0.15, 0.2) is 22.7 Å². The van der Waals surface area contributed by atoms with E-state index >= 15 is 0 Å². The smallest absolute Gasteiger partial charge is 0.320 e. The van der Waals surface area contributed by atoms with Gasteiger partial charge in [-0.05, 0) is 39.3 Å². The van der Waals surface area contributed by atoms with Gasteiger partial charge in [-0.15, -0.1) is 0 Å². The number of aryl methyl sites for hydroxylation is 3. The summed E-state index contributed by atoms with van der Waals surface area (Å²) in [6.07, 6.45) is 0.748. The first-order valence-electron chi connectivity index (χ1n) is 6.95. The predicted molar refractivity (Wildman–Crippen MR) is 80.1 cm³/mol. The van der Waals surface area contributed by atoms with E-state index in [2.05, 4.69) is 20.8 Å². The van der Waals surface area contributed by atoms with Gasteiger partial charge in [0.15, 0.2) is 0 Å². The highest BCUT2D eigenvalue weighted by Crippen LogP contribution is 2.23. The number of hydrogen-bond acceptors (Lipinski definition) is 4. The zero-order chi connectivity index (χ0) is 15.4. The zero-order valence-electron chi connectivity index (χ0n) is 12.7. The van der Waals surface area contributed by atoms with Gasteiger partial charge in [0.1, 0.15) is 11.6 Å². The van der Waals surface area contributed by atoms with Crippen LogP contribution in [0.1, 0.15) is 42.1 Å². The van der Waals surface area contributed by atoms with Crippen LogP contribution in [0.5, 0.6) is 0 Å². The molecule has 0 fully saturated rings. The molecule has 0 unspecified atom stereocenters. The van der Waals surface area contributed by atoms with Crippen molar-refractivity contribution in [2.24, 2.45) is 0 Å². The minimum atomic E-state index is -0.292. The monoisotopic (exact) mass is 288 g/mol. The second-order valence-electron chi connectivity index (χ2n) is 4.96. The van der Waals surface area contributed by atoms with Crippen molar-refractivity contribution in [1.29, 1.82) is 0 Å². The number of pyridine rings is 1. The van der Waals surface area contributed by atoms with E-state index < -0.39 is 0 Å². The van der Waals surface area contributed by atoms with Crippen molar-refractivity contribution >= 4 is 11.8 Å². The first-order valence-corrected chi connectivity index (χ1v) is 6.95. The molecule has 0 aromatic carbocycles. The Kier molecular flexibility index (Phi) is 4.57. The van der Waals surface area contributed by atoms with Crippen LogP contribution >= 0.6 is 0 Å². The average molecular weight is 288 g/mol. The molecule has 2 heterocycles. The van der Waals surface area contributed by atoms with Gasteiger partial charge in [0.25, 0.3) is 0 Å². The van der Waals surface area contributed by atoms with Crippen molar-refractivity contribution < 1.29 is 9.32 Å². The lowest BCUT2D eigenvalue weighted by atomic mass is 10.0. The predicted octanol–water partition coefficient (Wildman–Crippen LogP) is 3.27. The van der Waals surface area contributed by atoms with Crippen molar-refractivity contribution in [2.45, 2.75) is 40.2 Å². The fraction of sp³-hybridized carbons (Fsp3) is 0.400. The first kappa shape index (κ1) is 15.0. The van der Waals surface area contributed by atoms with E-state index in [1.165, 1.54) is 0 Å². The summed E-state index contributed by atoms with van der Waals surface area (Å²) in [5.41, 5.74) is 2.59. The molecule has 2 amide bonds. The molecule has 0 saturated carbocycles. The molecule has 2 aromatic heterocycles. The van der Waals surface area contributed by atoms with E-state index in [0.717, 1.165) is 29.1 Å². The van der Waals surface area contributed by atoms with Crippen LogP contribution < -0.4 is 10.6 Å². The lowest BCUT2D eigenvalue weighted by Crippen LogP contribution is -2.33. The first-order chi connectivity index (χ1) is 10.0. The summed E-state index contributed by atoms with van der Waals surface area (Å²) in [7, 11) is 0. The molecule has 21 heavy (non-hydrogen) atoms. The second-order valence-corrected chi connectivity index (χ2v) is 4.96. The summed E-state index contributed by atoms with van der Waals surface area (Å²) < 4.78 is 5.16. The van der Waals surface area contributed by atoms with Gasteiger partial charge in [-0.1, -0.05) is 18.1 Å². The van der Waals surface area contributed by atoms with E-state index in [9.17, 15) is 4.79 Å². The molecule has 2 aromatic rings. The Labute approximate surface area is 123 Å². The van der Waals surface area contributed by atoms with Crippen molar-refractivity contribution in [1.82, 2.24) is 15.5 Å². The molecule has 0 radical (unpaired) electrons. The summed E-state index contributed by atoms with van der Waals surface area (Å²) in [4.78, 5) is 16.3. The maximum atomic E-state index is 12.1. The third kappa shape index (κ3) is 3.59. The van der Waals surface area contributed by atoms with Crippen LogP contribution in [-0.2, 0) is 0 Å². The molecule has 0 bridgehead atoms. The molecular weight excluding hydrogens is 268 g/mol. The van der Waals surface area contributed by atoms with E-state index in [0.29, 0.717) is 5.82 Å². The van der Waals surface area contributed by atoms with Crippen LogP contribution in [0.2, 0.25) is 0 Å². The van der Waals surface area contributed by atoms with E-state index in [4.69, 9.17) is 4.52 Å². The average Bonchev–Trinajstić information content (AvgIpc) is 2.76. The molecule has 0 saturated heterocycles. The lowest BCUT2D eigenvalue weighted by Gasteiger charge is -2.17. The summed E-state index contributed by atoms with van der Waals surface area (Å²) in [6, 6.07) is 5.05. The van der Waals surface area contributed by atoms with Crippen molar-refractivity contribution in [2.75, 3.05) is 5.32 Å². The Morgan fingerprint density at radius 3 is 2.67 bits per heavy atom. The molecule has 0 aliphatic carbocycles. The van der Waals surface area contributed by atoms with Crippen LogP contribution in [0.4, 0.5) is 10.6 Å². The van der Waals surface area contributed by atoms with Gasteiger partial charge in [0.2, 0.25) is 0 Å². The number of urea groups is 1. The zero-order valence-corrected chi connectivity index (χ0v) is 12.7. The quantitative estimate of drug-likeness (QED) is 0.904. The minimum absolute atomic E-state index is 0.138. The number of nitrogens with zero attached hydrogens (tertiary/aromatic N) is 2. The molecule has 0 aliphatic heterocycles. The number of rotatable bonds is 4. The topological polar surface area (TPSA) is 80.0 Å². The molecule has 1 atom stereocenters. The van der Waals surface area contributed by atoms with Gasteiger partial charge in [-0.25, -0.2) is 9.78 Å². The highest BCUT2D eigenvalue weighted by atomic mass is 16.5. The number of amides is 2. The molecule has 2 N–H and O–H groups in total. The third-order valence-electron chi connectivity index (χ3n) is 3.28. The normalized spacial score (nSPS) is 12.0. The van der Waals surface area contributed by atoms with Gasteiger partial charge in [0, 0.05) is 11.3 Å². The van der Waals surface area contributed by atoms with Gasteiger partial charge in [-0.2, -0.15) is 0 Å². The SMILES string of the molecule is CC[C@H](NC(=O)Nc1cccc(C)n1)c1c(C)noc1C. The Bertz CT molecular complexity index is 617. The molecule has 6 heteroatoms. The Morgan fingerprint density at radius 1 is 1.33 bits per heavy atom. The molecule has 112 valence electrons. The minimum Gasteiger partial charge on any atom is -0.361 e. The van der Waals surface area contributed by atoms with Crippen molar-refractivity contribution in [3.63, 3.8) is 0 Å². The molecule has 0 aliphatic rings. The fourth-order valence-electron chi connectivity index (χ4n) is 2.29. The summed E-state index contributed by atoms with van der Waals surface area (Å²) >= 11 is 0. The standard InChI is InChI=1S/C15H20N4O2/c1-5-12(14-10(3)19-21-11(14)4)17-15(20)18-13-8-6-7-9(2)16-13/h6-8,12H,5H2,1-4H3,(H2,16,17,18,20)/t12-/m0/s1. The molecule has 2 rings (SSSR count). The maximum Gasteiger partial charge on any atom is 0.320 e. The van der Waals surface area contributed by atoms with Crippen LogP contribution in [0.25, 0.3) is 0 Å². The summed E-state index contributed by atoms with van der Waals surface area (Å²) in [5, 5.41) is 9.59. The van der Waals surface area contributed by atoms with Crippen LogP contribution in [0, 0.1) is 20.8 Å². The number of aromatic nitrogens is 2. The Morgan fingerprint density at radius 2 is 2.10 bits per heavy atom. The van der Waals surface area contributed by atoms with Crippen LogP contribution in [-0.4, -0.2) is 16.2 Å². The van der Waals surface area contributed by atoms with E-state index in [1.807, 2.05) is 39.8 Å². The number of carbonyl (C=O) groups is 1. The maximum absolute atomic E-state index is 12.1. The fourth-order valence-corrected chi connectivity index (χ4v) is 2.29. The largest absolute Gasteiger partial charge is 0.361 e. The number of nitrogens with one attached hydrogen (secondary N) is 2. The van der Waals surface area contributed by atoms with Crippen molar-refractivity contribution in [3.8, 4) is 0 Å². The number of carbonyl (C=O) groups excluding carboxylic acids is 1. The third-order valence-corrected chi connectivity index (χ3v) is 3.28. The van der Waals surface area contributed by atoms with Gasteiger partial charge >= 0.3 is 6.03 Å². The Hall–Kier alpha value is -2.37. The number of anilines is 1. The van der Waals surface area contributed by atoms with Gasteiger partial charge in [-0.3, -0.25) is 5.32 Å². The van der Waals surface area contributed by atoms with Gasteiger partial charge in [0.05, 0.1) is 11.7 Å². The highest BCUT2D eigenvalue weighted by Gasteiger charge is 2.20.